The van der Waals surface area contributed by atoms with E-state index < -0.39 is 6.03 Å². The van der Waals surface area contributed by atoms with Gasteiger partial charge in [-0.1, -0.05) is 19.1 Å². The Labute approximate surface area is 167 Å². The van der Waals surface area contributed by atoms with E-state index in [1.165, 1.54) is 17.0 Å². The van der Waals surface area contributed by atoms with E-state index >= 15 is 0 Å². The highest BCUT2D eigenvalue weighted by Crippen LogP contribution is 2.31. The number of methoxy groups -OCH3 is 1. The number of aromatic nitrogens is 1. The molecule has 0 spiro atoms. The maximum atomic E-state index is 13.8. The number of halogens is 1. The zero-order valence-corrected chi connectivity index (χ0v) is 16.4. The van der Waals surface area contributed by atoms with Crippen LogP contribution >= 0.6 is 0 Å². The predicted molar refractivity (Wildman–Crippen MR) is 108 cm³/mol. The summed E-state index contributed by atoms with van der Waals surface area (Å²) in [6.07, 6.45) is 0.662. The Kier molecular flexibility index (Phi) is 4.87. The number of urea groups is 1. The minimum absolute atomic E-state index is 0.279. The SMILES string of the molecule is CCc1nc(OC)ccc1NC1=NC(=O)N(C)C2=NCC(c3cccc(F)c3)N12. The molecule has 0 radical (unpaired) electrons. The highest BCUT2D eigenvalue weighted by atomic mass is 19.1. The fourth-order valence-corrected chi connectivity index (χ4v) is 3.44. The molecule has 1 aromatic carbocycles. The van der Waals surface area contributed by atoms with Gasteiger partial charge in [-0.2, -0.15) is 4.99 Å². The second-order valence-corrected chi connectivity index (χ2v) is 6.68. The van der Waals surface area contributed by atoms with Crippen molar-refractivity contribution in [1.29, 1.82) is 0 Å². The van der Waals surface area contributed by atoms with E-state index in [0.717, 1.165) is 11.3 Å². The summed E-state index contributed by atoms with van der Waals surface area (Å²) >= 11 is 0. The molecule has 2 aromatic rings. The number of nitrogens with zero attached hydrogens (tertiary/aromatic N) is 5. The topological polar surface area (TPSA) is 82.4 Å². The van der Waals surface area contributed by atoms with Gasteiger partial charge in [-0.3, -0.25) is 9.80 Å². The van der Waals surface area contributed by atoms with Crippen LogP contribution in [0.15, 0.2) is 46.4 Å². The summed E-state index contributed by atoms with van der Waals surface area (Å²) in [5, 5.41) is 3.22. The van der Waals surface area contributed by atoms with Crippen molar-refractivity contribution in [2.24, 2.45) is 9.98 Å². The number of hydrogen-bond acceptors (Lipinski definition) is 6. The van der Waals surface area contributed by atoms with Crippen LogP contribution in [0.5, 0.6) is 5.88 Å². The number of aryl methyl sites for hydroxylation is 1. The van der Waals surface area contributed by atoms with Gasteiger partial charge in [0, 0.05) is 13.1 Å². The molecule has 1 aromatic heterocycles. The highest BCUT2D eigenvalue weighted by Gasteiger charge is 2.40. The third kappa shape index (κ3) is 3.39. The zero-order valence-electron chi connectivity index (χ0n) is 16.4. The molecule has 0 bridgehead atoms. The van der Waals surface area contributed by atoms with Gasteiger partial charge >= 0.3 is 6.03 Å². The molecule has 4 rings (SSSR count). The van der Waals surface area contributed by atoms with E-state index in [1.54, 1.807) is 26.3 Å². The van der Waals surface area contributed by atoms with Crippen molar-refractivity contribution in [1.82, 2.24) is 14.8 Å². The Balaban J connectivity index is 1.72. The molecule has 29 heavy (non-hydrogen) atoms. The molecule has 0 saturated heterocycles. The fraction of sp³-hybridized carbons (Fsp3) is 0.300. The summed E-state index contributed by atoms with van der Waals surface area (Å²) < 4.78 is 19.0. The van der Waals surface area contributed by atoms with Gasteiger partial charge in [0.2, 0.25) is 17.8 Å². The van der Waals surface area contributed by atoms with Crippen molar-refractivity contribution in [3.63, 3.8) is 0 Å². The number of carbonyl (C=O) groups excluding carboxylic acids is 1. The predicted octanol–water partition coefficient (Wildman–Crippen LogP) is 3.04. The van der Waals surface area contributed by atoms with Crippen LogP contribution in [0.4, 0.5) is 14.9 Å². The number of anilines is 1. The number of rotatable bonds is 4. The average molecular weight is 396 g/mol. The third-order valence-corrected chi connectivity index (χ3v) is 4.92. The Morgan fingerprint density at radius 1 is 1.31 bits per heavy atom. The fourth-order valence-electron chi connectivity index (χ4n) is 3.44. The van der Waals surface area contributed by atoms with Gasteiger partial charge in [-0.25, -0.2) is 19.2 Å². The normalized spacial score (nSPS) is 18.3. The van der Waals surface area contributed by atoms with Crippen LogP contribution in [0.1, 0.15) is 24.2 Å². The van der Waals surface area contributed by atoms with Gasteiger partial charge in [0.1, 0.15) is 5.82 Å². The lowest BCUT2D eigenvalue weighted by Crippen LogP contribution is -2.53. The van der Waals surface area contributed by atoms with E-state index in [4.69, 9.17) is 4.74 Å². The van der Waals surface area contributed by atoms with Crippen LogP contribution in [0, 0.1) is 5.82 Å². The monoisotopic (exact) mass is 396 g/mol. The maximum absolute atomic E-state index is 13.8. The number of amides is 2. The first-order valence-electron chi connectivity index (χ1n) is 9.28. The molecule has 0 fully saturated rings. The summed E-state index contributed by atoms with van der Waals surface area (Å²) in [6, 6.07) is 9.24. The number of hydrogen-bond donors (Lipinski definition) is 1. The Morgan fingerprint density at radius 2 is 2.14 bits per heavy atom. The number of aliphatic imine (C=N–C) groups is 2. The number of fused-ring (bicyclic) bond motifs is 1. The van der Waals surface area contributed by atoms with E-state index in [1.807, 2.05) is 24.0 Å². The van der Waals surface area contributed by atoms with Crippen molar-refractivity contribution in [2.45, 2.75) is 19.4 Å². The Hall–Kier alpha value is -3.49. The first-order valence-corrected chi connectivity index (χ1v) is 9.28. The number of carbonyl (C=O) groups is 1. The Morgan fingerprint density at radius 3 is 2.86 bits per heavy atom. The minimum Gasteiger partial charge on any atom is -0.481 e. The molecule has 2 amide bonds. The molecule has 8 nitrogen and oxygen atoms in total. The van der Waals surface area contributed by atoms with Crippen molar-refractivity contribution in [2.75, 3.05) is 26.0 Å². The van der Waals surface area contributed by atoms with Crippen molar-refractivity contribution < 1.29 is 13.9 Å². The van der Waals surface area contributed by atoms with E-state index in [-0.39, 0.29) is 11.9 Å². The van der Waals surface area contributed by atoms with Gasteiger partial charge in [-0.05, 0) is 30.2 Å². The van der Waals surface area contributed by atoms with Crippen LogP contribution in [-0.4, -0.2) is 53.4 Å². The molecule has 0 saturated carbocycles. The molecule has 0 aliphatic carbocycles. The van der Waals surface area contributed by atoms with Gasteiger partial charge in [0.05, 0.1) is 31.1 Å². The van der Waals surface area contributed by atoms with Crippen molar-refractivity contribution >= 4 is 23.6 Å². The maximum Gasteiger partial charge on any atom is 0.353 e. The lowest BCUT2D eigenvalue weighted by atomic mass is 10.1. The molecule has 3 heterocycles. The van der Waals surface area contributed by atoms with Gasteiger partial charge in [0.25, 0.3) is 0 Å². The average Bonchev–Trinajstić information content (AvgIpc) is 3.17. The molecule has 9 heteroatoms. The summed E-state index contributed by atoms with van der Waals surface area (Å²) in [5.41, 5.74) is 2.25. The first-order chi connectivity index (χ1) is 14.0. The highest BCUT2D eigenvalue weighted by molar-refractivity contribution is 6.17. The van der Waals surface area contributed by atoms with Crippen LogP contribution in [-0.2, 0) is 6.42 Å². The summed E-state index contributed by atoms with van der Waals surface area (Å²) in [7, 11) is 3.18. The lowest BCUT2D eigenvalue weighted by molar-refractivity contribution is 0.230. The van der Waals surface area contributed by atoms with Crippen LogP contribution in [0.25, 0.3) is 0 Å². The lowest BCUT2D eigenvalue weighted by Gasteiger charge is -2.35. The number of guanidine groups is 2. The molecule has 1 unspecified atom stereocenters. The number of ether oxygens (including phenoxy) is 1. The minimum atomic E-state index is -0.429. The Bertz CT molecular complexity index is 1020. The molecule has 1 N–H and O–H groups in total. The third-order valence-electron chi connectivity index (χ3n) is 4.92. The molecular weight excluding hydrogens is 375 g/mol. The van der Waals surface area contributed by atoms with Crippen molar-refractivity contribution in [3.8, 4) is 5.88 Å². The van der Waals surface area contributed by atoms with E-state index in [0.29, 0.717) is 36.5 Å². The molecule has 2 aliphatic heterocycles. The smallest absolute Gasteiger partial charge is 0.353 e. The first kappa shape index (κ1) is 18.9. The van der Waals surface area contributed by atoms with Crippen LogP contribution in [0.3, 0.4) is 0 Å². The summed E-state index contributed by atoms with van der Waals surface area (Å²) in [5.74, 6) is 0.993. The quantitative estimate of drug-likeness (QED) is 0.859. The van der Waals surface area contributed by atoms with Gasteiger partial charge < -0.3 is 10.1 Å². The molecule has 1 atom stereocenters. The van der Waals surface area contributed by atoms with Crippen molar-refractivity contribution in [3.05, 3.63) is 53.5 Å². The second-order valence-electron chi connectivity index (χ2n) is 6.68. The van der Waals surface area contributed by atoms with E-state index in [2.05, 4.69) is 20.3 Å². The number of pyridine rings is 1. The zero-order chi connectivity index (χ0) is 20.5. The largest absolute Gasteiger partial charge is 0.481 e. The van der Waals surface area contributed by atoms with Gasteiger partial charge in [0.15, 0.2) is 0 Å². The molecule has 150 valence electrons. The van der Waals surface area contributed by atoms with E-state index in [9.17, 15) is 9.18 Å². The van der Waals surface area contributed by atoms with Crippen LogP contribution < -0.4 is 10.1 Å². The van der Waals surface area contributed by atoms with Gasteiger partial charge in [-0.15, -0.1) is 0 Å². The standard InChI is InChI=1S/C20H21FN6O2/c1-4-14-15(8-9-17(23-14)29-3)24-18-25-20(28)26(2)19-22-11-16(27(18)19)12-6-5-7-13(21)10-12/h5-10,16H,4,11H2,1-3H3,(H,24,25,28). The molecule has 2 aliphatic rings. The second kappa shape index (κ2) is 7.50. The molecular formula is C20H21FN6O2. The number of benzene rings is 1. The number of nitrogens with one attached hydrogen (secondary N) is 1. The summed E-state index contributed by atoms with van der Waals surface area (Å²) in [4.78, 5) is 28.8. The van der Waals surface area contributed by atoms with Crippen LogP contribution in [0.2, 0.25) is 0 Å². The summed E-state index contributed by atoms with van der Waals surface area (Å²) in [6.45, 7) is 2.37.